The van der Waals surface area contributed by atoms with E-state index in [0.717, 1.165) is 25.2 Å². The molecule has 1 N–H and O–H groups in total. The number of nitrogens with zero attached hydrogens (tertiary/aromatic N) is 2. The smallest absolute Gasteiger partial charge is 0.260 e. The van der Waals surface area contributed by atoms with Crippen molar-refractivity contribution in [2.75, 3.05) is 31.7 Å². The predicted octanol–water partition coefficient (Wildman–Crippen LogP) is 5.65. The van der Waals surface area contributed by atoms with Crippen LogP contribution < -0.4 is 10.2 Å². The average Bonchev–Trinajstić information content (AvgIpc) is 3.15. The summed E-state index contributed by atoms with van der Waals surface area (Å²) in [5.41, 5.74) is 4.46. The van der Waals surface area contributed by atoms with Crippen molar-refractivity contribution in [1.82, 2.24) is 5.32 Å². The van der Waals surface area contributed by atoms with Crippen LogP contribution in [0.2, 0.25) is 10.0 Å². The zero-order valence-corrected chi connectivity index (χ0v) is 21.3. The van der Waals surface area contributed by atoms with E-state index in [1.54, 1.807) is 36.4 Å². The molecule has 2 heterocycles. The number of fused-ring (bicyclic) bond motifs is 3. The monoisotopic (exact) mass is 508 g/mol. The number of aryl methyl sites for hydroxylation is 1. The first-order valence-electron chi connectivity index (χ1n) is 11.8. The lowest BCUT2D eigenvalue weighted by atomic mass is 9.87. The lowest BCUT2D eigenvalue weighted by molar-refractivity contribution is -0.917. The lowest BCUT2D eigenvalue weighted by Gasteiger charge is -2.44. The summed E-state index contributed by atoms with van der Waals surface area (Å²) >= 11 is 12.4. The third-order valence-corrected chi connectivity index (χ3v) is 7.87. The molecule has 0 aliphatic carbocycles. The standard InChI is InChI=1S/C28H27Cl2N3O2/c1-18-7-12-25-22(15-18)23-16-33(2,17-31-27(34)19-8-10-20(29)11-9-19)14-13-26(23)32(25)28(35)21-5-3-4-6-24(21)30/h3-12,15,23,26H,13-14,16-17H2,1-2H3/p+1. The van der Waals surface area contributed by atoms with Crippen LogP contribution in [0.4, 0.5) is 5.69 Å². The fourth-order valence-electron chi connectivity index (χ4n) is 5.45. The summed E-state index contributed by atoms with van der Waals surface area (Å²) in [6.07, 6.45) is 0.835. The molecule has 2 aliphatic heterocycles. The van der Waals surface area contributed by atoms with E-state index in [1.807, 2.05) is 17.0 Å². The molecule has 180 valence electrons. The number of carbonyl (C=O) groups excluding carboxylic acids is 2. The highest BCUT2D eigenvalue weighted by Gasteiger charge is 2.49. The molecule has 35 heavy (non-hydrogen) atoms. The van der Waals surface area contributed by atoms with Crippen LogP contribution in [-0.2, 0) is 0 Å². The largest absolute Gasteiger partial charge is 0.308 e. The topological polar surface area (TPSA) is 49.4 Å². The van der Waals surface area contributed by atoms with Gasteiger partial charge in [0.2, 0.25) is 0 Å². The minimum absolute atomic E-state index is 0.0552. The number of hydrogen-bond donors (Lipinski definition) is 1. The minimum atomic E-state index is -0.110. The second-order valence-corrected chi connectivity index (χ2v) is 10.7. The molecule has 0 aromatic heterocycles. The molecule has 0 radical (unpaired) electrons. The molecular weight excluding hydrogens is 481 g/mol. The number of halogens is 2. The van der Waals surface area contributed by atoms with Crippen molar-refractivity contribution >= 4 is 40.7 Å². The second kappa shape index (κ2) is 9.30. The van der Waals surface area contributed by atoms with Crippen LogP contribution in [0.25, 0.3) is 0 Å². The van der Waals surface area contributed by atoms with Gasteiger partial charge in [0.1, 0.15) is 0 Å². The molecule has 1 fully saturated rings. The van der Waals surface area contributed by atoms with Gasteiger partial charge in [-0.2, -0.15) is 0 Å². The Morgan fingerprint density at radius 2 is 1.80 bits per heavy atom. The van der Waals surface area contributed by atoms with Gasteiger partial charge in [-0.05, 0) is 55.0 Å². The molecule has 0 spiro atoms. The van der Waals surface area contributed by atoms with Gasteiger partial charge in [-0.15, -0.1) is 0 Å². The van der Waals surface area contributed by atoms with E-state index < -0.39 is 0 Å². The Balaban J connectivity index is 1.39. The molecule has 3 aromatic carbocycles. The number of nitrogens with one attached hydrogen (secondary N) is 1. The molecule has 3 atom stereocenters. The Kier molecular flexibility index (Phi) is 6.34. The SMILES string of the molecule is Cc1ccc2c(c1)C1C[N+](C)(CNC(=O)c3ccc(Cl)cc3)CCC1N2C(=O)c1ccccc1Cl. The number of amides is 2. The van der Waals surface area contributed by atoms with Crippen molar-refractivity contribution in [2.24, 2.45) is 0 Å². The fraction of sp³-hybridized carbons (Fsp3) is 0.286. The van der Waals surface area contributed by atoms with E-state index in [2.05, 4.69) is 37.5 Å². The number of likely N-dealkylation sites (N-methyl/N-ethyl adjacent to an activating group) is 1. The second-order valence-electron chi connectivity index (χ2n) is 9.88. The highest BCUT2D eigenvalue weighted by Crippen LogP contribution is 2.47. The normalized spacial score (nSPS) is 22.9. The molecule has 2 aliphatic rings. The summed E-state index contributed by atoms with van der Waals surface area (Å²) in [5.74, 6) is 0.0178. The van der Waals surface area contributed by atoms with Gasteiger partial charge < -0.3 is 14.7 Å². The van der Waals surface area contributed by atoms with Crippen molar-refractivity contribution < 1.29 is 14.1 Å². The molecular formula is C28H28Cl2N3O2+. The van der Waals surface area contributed by atoms with Crippen molar-refractivity contribution in [3.8, 4) is 0 Å². The van der Waals surface area contributed by atoms with E-state index >= 15 is 0 Å². The molecule has 2 amide bonds. The fourth-order valence-corrected chi connectivity index (χ4v) is 5.79. The molecule has 7 heteroatoms. The van der Waals surface area contributed by atoms with Crippen molar-refractivity contribution in [3.05, 3.63) is 99.0 Å². The average molecular weight is 509 g/mol. The van der Waals surface area contributed by atoms with Crippen molar-refractivity contribution in [3.63, 3.8) is 0 Å². The summed E-state index contributed by atoms with van der Waals surface area (Å²) in [5, 5.41) is 4.18. The van der Waals surface area contributed by atoms with Gasteiger partial charge >= 0.3 is 0 Å². The Labute approximate surface area is 215 Å². The Hall–Kier alpha value is -2.86. The van der Waals surface area contributed by atoms with Crippen molar-refractivity contribution in [2.45, 2.75) is 25.3 Å². The molecule has 1 saturated heterocycles. The van der Waals surface area contributed by atoms with Crippen LogP contribution in [-0.4, -0.2) is 49.1 Å². The Morgan fingerprint density at radius 3 is 2.54 bits per heavy atom. The first-order chi connectivity index (χ1) is 16.8. The van der Waals surface area contributed by atoms with E-state index in [9.17, 15) is 9.59 Å². The molecule has 0 saturated carbocycles. The number of hydrogen-bond acceptors (Lipinski definition) is 2. The maximum Gasteiger partial charge on any atom is 0.260 e. The number of likely N-dealkylation sites (tertiary alicyclic amines) is 1. The number of carbonyl (C=O) groups is 2. The van der Waals surface area contributed by atoms with Gasteiger partial charge in [0, 0.05) is 22.7 Å². The molecule has 3 unspecified atom stereocenters. The lowest BCUT2D eigenvalue weighted by Crippen LogP contribution is -2.60. The van der Waals surface area contributed by atoms with Gasteiger partial charge in [0.25, 0.3) is 11.8 Å². The van der Waals surface area contributed by atoms with Crippen LogP contribution >= 0.6 is 23.2 Å². The zero-order valence-electron chi connectivity index (χ0n) is 19.8. The Bertz CT molecular complexity index is 1290. The van der Waals surface area contributed by atoms with E-state index in [1.165, 1.54) is 11.1 Å². The quantitative estimate of drug-likeness (QED) is 0.462. The van der Waals surface area contributed by atoms with E-state index in [0.29, 0.717) is 32.3 Å². The molecule has 0 bridgehead atoms. The number of anilines is 1. The predicted molar refractivity (Wildman–Crippen MR) is 140 cm³/mol. The number of benzene rings is 3. The van der Waals surface area contributed by atoms with Gasteiger partial charge in [-0.1, -0.05) is 53.0 Å². The van der Waals surface area contributed by atoms with Gasteiger partial charge in [-0.3, -0.25) is 9.59 Å². The van der Waals surface area contributed by atoms with Gasteiger partial charge in [-0.25, -0.2) is 0 Å². The van der Waals surface area contributed by atoms with Gasteiger partial charge in [0.05, 0.1) is 42.7 Å². The van der Waals surface area contributed by atoms with Gasteiger partial charge in [0.15, 0.2) is 6.67 Å². The summed E-state index contributed by atoms with van der Waals surface area (Å²) in [6, 6.07) is 20.5. The summed E-state index contributed by atoms with van der Waals surface area (Å²) in [6.45, 7) is 4.27. The first kappa shape index (κ1) is 23.9. The molecule has 5 rings (SSSR count). The first-order valence-corrected chi connectivity index (χ1v) is 12.6. The summed E-state index contributed by atoms with van der Waals surface area (Å²) in [4.78, 5) is 28.4. The van der Waals surface area contributed by atoms with E-state index in [4.69, 9.17) is 23.2 Å². The third-order valence-electron chi connectivity index (χ3n) is 7.29. The van der Waals surface area contributed by atoms with Crippen LogP contribution in [0.5, 0.6) is 0 Å². The highest BCUT2D eigenvalue weighted by atomic mass is 35.5. The third kappa shape index (κ3) is 4.56. The maximum absolute atomic E-state index is 13.7. The molecule has 5 nitrogen and oxygen atoms in total. The number of rotatable bonds is 4. The summed E-state index contributed by atoms with van der Waals surface area (Å²) < 4.78 is 0.696. The van der Waals surface area contributed by atoms with Crippen LogP contribution in [0.15, 0.2) is 66.7 Å². The van der Waals surface area contributed by atoms with Crippen LogP contribution in [0.3, 0.4) is 0 Å². The number of piperidine rings is 1. The summed E-state index contributed by atoms with van der Waals surface area (Å²) in [7, 11) is 2.17. The minimum Gasteiger partial charge on any atom is -0.308 e. The van der Waals surface area contributed by atoms with Crippen molar-refractivity contribution in [1.29, 1.82) is 0 Å². The number of quaternary nitrogens is 1. The molecule has 3 aromatic rings. The van der Waals surface area contributed by atoms with Crippen LogP contribution in [0.1, 0.15) is 44.2 Å². The van der Waals surface area contributed by atoms with Crippen LogP contribution in [0, 0.1) is 6.92 Å². The zero-order chi connectivity index (χ0) is 24.7. The highest BCUT2D eigenvalue weighted by molar-refractivity contribution is 6.34. The maximum atomic E-state index is 13.7. The van der Waals surface area contributed by atoms with E-state index in [-0.39, 0.29) is 23.8 Å². The Morgan fingerprint density at radius 1 is 1.06 bits per heavy atom.